The van der Waals surface area contributed by atoms with Gasteiger partial charge in [-0.3, -0.25) is 14.4 Å². The smallest absolute Gasteiger partial charge is 0.481 e. The van der Waals surface area contributed by atoms with Crippen LogP contribution in [-0.4, -0.2) is 58.8 Å². The number of ether oxygens (including phenoxy) is 1. The van der Waals surface area contributed by atoms with Crippen LogP contribution in [0.4, 0.5) is 23.7 Å². The highest BCUT2D eigenvalue weighted by molar-refractivity contribution is 6.62. The van der Waals surface area contributed by atoms with E-state index in [0.29, 0.717) is 11.0 Å². The van der Waals surface area contributed by atoms with Gasteiger partial charge in [-0.05, 0) is 94.7 Å². The summed E-state index contributed by atoms with van der Waals surface area (Å²) in [6, 6.07) is 6.51. The summed E-state index contributed by atoms with van der Waals surface area (Å²) in [5.41, 5.74) is -0.610. The first-order valence-electron chi connectivity index (χ1n) is 14.2. The van der Waals surface area contributed by atoms with Gasteiger partial charge in [-0.25, -0.2) is 4.79 Å². The number of anilines is 1. The molecule has 0 aliphatic carbocycles. The van der Waals surface area contributed by atoms with Gasteiger partial charge in [0.25, 0.3) is 0 Å². The van der Waals surface area contributed by atoms with E-state index in [1.54, 1.807) is 46.8 Å². The average molecular weight is 635 g/mol. The quantitative estimate of drug-likeness (QED) is 0.235. The number of halogens is 3. The minimum Gasteiger partial charge on any atom is -0.481 e. The first-order valence-corrected chi connectivity index (χ1v) is 14.2. The Hall–Kier alpha value is -4.11. The van der Waals surface area contributed by atoms with E-state index in [1.807, 2.05) is 0 Å². The van der Waals surface area contributed by atoms with E-state index in [-0.39, 0.29) is 24.9 Å². The Morgan fingerprint density at radius 2 is 1.58 bits per heavy atom. The van der Waals surface area contributed by atoms with Crippen molar-refractivity contribution in [2.24, 2.45) is 0 Å². The van der Waals surface area contributed by atoms with E-state index in [2.05, 4.69) is 16.0 Å². The number of alkyl halides is 3. The van der Waals surface area contributed by atoms with Crippen LogP contribution in [0.15, 0.2) is 42.5 Å². The first kappa shape index (κ1) is 35.4. The van der Waals surface area contributed by atoms with E-state index < -0.39 is 72.4 Å². The Morgan fingerprint density at radius 3 is 2.16 bits per heavy atom. The van der Waals surface area contributed by atoms with E-state index >= 15 is 0 Å². The van der Waals surface area contributed by atoms with E-state index in [0.717, 1.165) is 17.7 Å². The van der Waals surface area contributed by atoms with Crippen LogP contribution < -0.4 is 21.4 Å². The van der Waals surface area contributed by atoms with Gasteiger partial charge in [0.1, 0.15) is 17.7 Å². The Balaban J connectivity index is 1.83. The molecule has 0 aromatic heterocycles. The zero-order chi connectivity index (χ0) is 33.7. The fourth-order valence-corrected chi connectivity index (χ4v) is 4.73. The molecular weight excluding hydrogens is 598 g/mol. The Morgan fingerprint density at radius 1 is 0.956 bits per heavy atom. The van der Waals surface area contributed by atoms with Crippen molar-refractivity contribution in [3.8, 4) is 0 Å². The second-order valence-corrected chi connectivity index (χ2v) is 12.2. The molecule has 2 atom stereocenters. The minimum absolute atomic E-state index is 0.0647. The van der Waals surface area contributed by atoms with Crippen LogP contribution >= 0.6 is 0 Å². The largest absolute Gasteiger partial charge is 0.492 e. The number of amides is 3. The maximum atomic E-state index is 13.5. The third kappa shape index (κ3) is 10.2. The van der Waals surface area contributed by atoms with Gasteiger partial charge in [-0.2, -0.15) is 13.2 Å². The molecule has 3 rings (SSSR count). The number of hydrogen-bond donors (Lipinski definition) is 5. The predicted molar refractivity (Wildman–Crippen MR) is 159 cm³/mol. The molecule has 2 aromatic rings. The number of carbonyl (C=O) groups is 4. The van der Waals surface area contributed by atoms with Crippen molar-refractivity contribution < 1.29 is 51.9 Å². The molecule has 0 bridgehead atoms. The van der Waals surface area contributed by atoms with Crippen molar-refractivity contribution in [3.63, 3.8) is 0 Å². The number of hydrogen-bond acceptors (Lipinski definition) is 7. The van der Waals surface area contributed by atoms with Gasteiger partial charge < -0.3 is 35.5 Å². The molecule has 1 aliphatic rings. The summed E-state index contributed by atoms with van der Waals surface area (Å²) in [6.45, 7) is 8.36. The molecule has 0 radical (unpaired) electrons. The van der Waals surface area contributed by atoms with Gasteiger partial charge in [-0.15, -0.1) is 0 Å². The fraction of sp³-hybridized carbons (Fsp3) is 0.467. The lowest BCUT2D eigenvalue weighted by molar-refractivity contribution is -0.138. The number of aryl methyl sites for hydroxylation is 1. The summed E-state index contributed by atoms with van der Waals surface area (Å²) in [7, 11) is -1.23. The predicted octanol–water partition coefficient (Wildman–Crippen LogP) is 3.47. The van der Waals surface area contributed by atoms with Crippen LogP contribution in [0.2, 0.25) is 0 Å². The lowest BCUT2D eigenvalue weighted by atomic mass is 9.78. The zero-order valence-electron chi connectivity index (χ0n) is 25.6. The molecule has 1 unspecified atom stereocenters. The third-order valence-electron chi connectivity index (χ3n) is 6.93. The molecule has 0 saturated heterocycles. The molecule has 244 valence electrons. The normalized spacial score (nSPS) is 15.4. The van der Waals surface area contributed by atoms with Gasteiger partial charge in [-0.1, -0.05) is 18.2 Å². The summed E-state index contributed by atoms with van der Waals surface area (Å²) in [4.78, 5) is 50.4. The standard InChI is InChI=1S/C30H37BF3N3O8/c1-28(2,3)44-27(42)37-23(14-15-24(38)39)26(41)36-22(13-8-17-6-9-18(10-7-17)30(32,33)34)25(40)35-19-11-12-20-21(16-19)31(43)45-29(20,4)5/h6-7,9-12,16,22-23,43H,8,13-15H2,1-5H3,(H,35,40)(H,36,41)(H,37,42)(H,38,39)/t22-,23?/m1/s1. The van der Waals surface area contributed by atoms with Crippen molar-refractivity contribution in [2.45, 2.75) is 89.8 Å². The summed E-state index contributed by atoms with van der Waals surface area (Å²) < 4.78 is 49.8. The van der Waals surface area contributed by atoms with Crippen LogP contribution in [0.3, 0.4) is 0 Å². The van der Waals surface area contributed by atoms with Crippen molar-refractivity contribution in [3.05, 3.63) is 59.2 Å². The van der Waals surface area contributed by atoms with Gasteiger partial charge in [0, 0.05) is 12.1 Å². The molecule has 2 aromatic carbocycles. The van der Waals surface area contributed by atoms with Crippen molar-refractivity contribution in [1.29, 1.82) is 0 Å². The maximum absolute atomic E-state index is 13.5. The second-order valence-electron chi connectivity index (χ2n) is 12.2. The van der Waals surface area contributed by atoms with E-state index in [4.69, 9.17) is 14.5 Å². The lowest BCUT2D eigenvalue weighted by Gasteiger charge is -2.25. The Kier molecular flexibility index (Phi) is 10.9. The minimum atomic E-state index is -4.52. The number of fused-ring (bicyclic) bond motifs is 1. The summed E-state index contributed by atoms with van der Waals surface area (Å²) in [5, 5.41) is 27.0. The van der Waals surface area contributed by atoms with Crippen molar-refractivity contribution in [2.75, 3.05) is 5.32 Å². The topological polar surface area (TPSA) is 163 Å². The monoisotopic (exact) mass is 635 g/mol. The van der Waals surface area contributed by atoms with Gasteiger partial charge in [0.2, 0.25) is 11.8 Å². The SMILES string of the molecule is CC(C)(C)OC(=O)NC(CCC(=O)O)C(=O)N[C@H](CCc1ccc(C(F)(F)F)cc1)C(=O)Nc1ccc2c(c1)B(O)OC2(C)C. The van der Waals surface area contributed by atoms with Crippen LogP contribution in [0.25, 0.3) is 0 Å². The van der Waals surface area contributed by atoms with Crippen molar-refractivity contribution in [1.82, 2.24) is 10.6 Å². The maximum Gasteiger partial charge on any atom is 0.492 e. The molecule has 11 nitrogen and oxygen atoms in total. The van der Waals surface area contributed by atoms with Gasteiger partial charge >= 0.3 is 25.4 Å². The molecule has 1 heterocycles. The number of rotatable bonds is 11. The average Bonchev–Trinajstić information content (AvgIpc) is 3.14. The molecule has 0 saturated carbocycles. The lowest BCUT2D eigenvalue weighted by Crippen LogP contribution is -2.53. The van der Waals surface area contributed by atoms with E-state index in [9.17, 15) is 37.4 Å². The molecular formula is C30H37BF3N3O8. The number of carboxylic acid groups (broad SMARTS) is 1. The van der Waals surface area contributed by atoms with Gasteiger partial charge in [0.15, 0.2) is 0 Å². The summed E-state index contributed by atoms with van der Waals surface area (Å²) in [5.74, 6) is -2.78. The van der Waals surface area contributed by atoms with Crippen LogP contribution in [0, 0.1) is 0 Å². The van der Waals surface area contributed by atoms with E-state index in [1.165, 1.54) is 18.2 Å². The Labute approximate surface area is 259 Å². The van der Waals surface area contributed by atoms with Gasteiger partial charge in [0.05, 0.1) is 11.2 Å². The number of aliphatic carboxylic acids is 1. The highest BCUT2D eigenvalue weighted by Gasteiger charge is 2.40. The first-order chi connectivity index (χ1) is 20.7. The number of alkyl carbamates (subject to hydrolysis) is 1. The molecule has 1 aliphatic heterocycles. The molecule has 15 heteroatoms. The molecule has 0 spiro atoms. The Bertz CT molecular complexity index is 1410. The molecule has 45 heavy (non-hydrogen) atoms. The van der Waals surface area contributed by atoms with Crippen LogP contribution in [-0.2, 0) is 42.0 Å². The fourth-order valence-electron chi connectivity index (χ4n) is 4.73. The van der Waals surface area contributed by atoms with Crippen LogP contribution in [0.5, 0.6) is 0 Å². The third-order valence-corrected chi connectivity index (χ3v) is 6.93. The summed E-state index contributed by atoms with van der Waals surface area (Å²) in [6.07, 6.45) is -6.27. The second kappa shape index (κ2) is 13.9. The van der Waals surface area contributed by atoms with Crippen molar-refractivity contribution >= 4 is 42.1 Å². The highest BCUT2D eigenvalue weighted by Crippen LogP contribution is 2.31. The number of benzene rings is 2. The molecule has 3 amide bonds. The molecule has 0 fully saturated rings. The zero-order valence-corrected chi connectivity index (χ0v) is 25.6. The number of carboxylic acids is 1. The highest BCUT2D eigenvalue weighted by atomic mass is 19.4. The number of nitrogens with one attached hydrogen (secondary N) is 3. The number of carbonyl (C=O) groups excluding carboxylic acids is 3. The van der Waals surface area contributed by atoms with Crippen LogP contribution in [0.1, 0.15) is 70.6 Å². The molecule has 5 N–H and O–H groups in total. The summed E-state index contributed by atoms with van der Waals surface area (Å²) >= 11 is 0.